The number of nitrogens with zero attached hydrogens (tertiary/aromatic N) is 4. The summed E-state index contributed by atoms with van der Waals surface area (Å²) in [7, 11) is 0. The van der Waals surface area contributed by atoms with E-state index >= 15 is 0 Å². The van der Waals surface area contributed by atoms with Crippen molar-refractivity contribution in [3.8, 4) is 23.1 Å². The van der Waals surface area contributed by atoms with Crippen LogP contribution in [0.2, 0.25) is 0 Å². The second-order valence-corrected chi connectivity index (χ2v) is 7.45. The lowest BCUT2D eigenvalue weighted by Gasteiger charge is -2.13. The van der Waals surface area contributed by atoms with E-state index in [4.69, 9.17) is 0 Å². The van der Waals surface area contributed by atoms with Gasteiger partial charge in [0, 0.05) is 17.1 Å². The molecule has 1 N–H and O–H groups in total. The number of fused-ring (bicyclic) bond motifs is 2. The summed E-state index contributed by atoms with van der Waals surface area (Å²) in [6.45, 7) is 1.50. The number of hydrogen-bond acceptors (Lipinski definition) is 4. The van der Waals surface area contributed by atoms with Crippen LogP contribution in [0.1, 0.15) is 24.0 Å². The maximum absolute atomic E-state index is 12.9. The standard InChI is InChI=1S/C19H13F3N4O/c1-10-4-12(19(20,21)22)5-14(27)15(10)13-3-2-11-6-26(25-16(11)24-13)18-7-17(18,8-18)9-23/h2-6,27H,7-8H2,1H3. The normalized spacial score (nSPS) is 25.9. The van der Waals surface area contributed by atoms with Crippen LogP contribution in [0.4, 0.5) is 13.2 Å². The first kappa shape index (κ1) is 16.1. The molecule has 0 spiro atoms. The van der Waals surface area contributed by atoms with Crippen molar-refractivity contribution in [3.63, 3.8) is 0 Å². The third-order valence-electron chi connectivity index (χ3n) is 5.75. The monoisotopic (exact) mass is 370 g/mol. The molecule has 0 unspecified atom stereocenters. The van der Waals surface area contributed by atoms with E-state index in [1.807, 2.05) is 6.20 Å². The van der Waals surface area contributed by atoms with Crippen molar-refractivity contribution in [1.82, 2.24) is 14.8 Å². The number of aromatic nitrogens is 3. The quantitative estimate of drug-likeness (QED) is 0.736. The number of halogens is 3. The third-order valence-corrected chi connectivity index (χ3v) is 5.75. The Morgan fingerprint density at radius 1 is 1.26 bits per heavy atom. The molecule has 0 saturated heterocycles. The highest BCUT2D eigenvalue weighted by Crippen LogP contribution is 2.83. The lowest BCUT2D eigenvalue weighted by Crippen LogP contribution is -2.07. The van der Waals surface area contributed by atoms with Crippen LogP contribution in [0.5, 0.6) is 5.75 Å². The molecule has 0 bridgehead atoms. The Morgan fingerprint density at radius 2 is 2.00 bits per heavy atom. The van der Waals surface area contributed by atoms with Crippen LogP contribution in [0.3, 0.4) is 0 Å². The number of phenols is 1. The molecule has 2 saturated carbocycles. The summed E-state index contributed by atoms with van der Waals surface area (Å²) in [4.78, 5) is 4.43. The van der Waals surface area contributed by atoms with E-state index < -0.39 is 17.5 Å². The fourth-order valence-corrected chi connectivity index (χ4v) is 3.95. The molecule has 0 atom stereocenters. The number of alkyl halides is 3. The van der Waals surface area contributed by atoms with Crippen molar-refractivity contribution in [2.24, 2.45) is 5.41 Å². The van der Waals surface area contributed by atoms with Gasteiger partial charge in [0.05, 0.1) is 28.3 Å². The highest BCUT2D eigenvalue weighted by molar-refractivity contribution is 5.80. The lowest BCUT2D eigenvalue weighted by molar-refractivity contribution is -0.137. The van der Waals surface area contributed by atoms with Crippen LogP contribution in [0.25, 0.3) is 22.3 Å². The fourth-order valence-electron chi connectivity index (χ4n) is 3.95. The fraction of sp³-hybridized carbons (Fsp3) is 0.316. The van der Waals surface area contributed by atoms with Gasteiger partial charge in [-0.3, -0.25) is 4.68 Å². The van der Waals surface area contributed by atoms with Crippen LogP contribution in [0, 0.1) is 23.7 Å². The largest absolute Gasteiger partial charge is 0.507 e. The van der Waals surface area contributed by atoms with Crippen molar-refractivity contribution in [2.75, 3.05) is 0 Å². The predicted octanol–water partition coefficient (Wildman–Crippen LogP) is 4.14. The van der Waals surface area contributed by atoms with Crippen LogP contribution in [-0.4, -0.2) is 19.9 Å². The summed E-state index contributed by atoms with van der Waals surface area (Å²) < 4.78 is 40.5. The van der Waals surface area contributed by atoms with Crippen LogP contribution < -0.4 is 0 Å². The summed E-state index contributed by atoms with van der Waals surface area (Å²) in [5.41, 5.74) is -0.0870. The van der Waals surface area contributed by atoms with Crippen LogP contribution in [-0.2, 0) is 11.7 Å². The summed E-state index contributed by atoms with van der Waals surface area (Å²) >= 11 is 0. The topological polar surface area (TPSA) is 74.7 Å². The Balaban J connectivity index is 1.58. The first-order valence-electron chi connectivity index (χ1n) is 8.39. The molecule has 0 radical (unpaired) electrons. The Kier molecular flexibility index (Phi) is 2.75. The van der Waals surface area contributed by atoms with Crippen molar-refractivity contribution < 1.29 is 18.3 Å². The molecule has 27 heavy (non-hydrogen) atoms. The zero-order valence-electron chi connectivity index (χ0n) is 14.2. The number of hydrogen-bond donors (Lipinski definition) is 1. The number of phenolic OH excluding ortho intramolecular Hbond substituents is 1. The smallest absolute Gasteiger partial charge is 0.416 e. The first-order valence-corrected chi connectivity index (χ1v) is 8.39. The SMILES string of the molecule is Cc1cc(C(F)(F)F)cc(O)c1-c1ccc2cn(C34CC3(C#N)C4)nc2n1. The molecule has 2 aliphatic carbocycles. The number of aryl methyl sites for hydroxylation is 1. The van der Waals surface area contributed by atoms with Gasteiger partial charge in [-0.15, -0.1) is 0 Å². The molecule has 8 heteroatoms. The molecule has 5 rings (SSSR count). The highest BCUT2D eigenvalue weighted by atomic mass is 19.4. The van der Waals surface area contributed by atoms with Gasteiger partial charge in [0.25, 0.3) is 0 Å². The number of benzene rings is 1. The van der Waals surface area contributed by atoms with E-state index in [1.165, 1.54) is 6.92 Å². The van der Waals surface area contributed by atoms with E-state index in [0.717, 1.165) is 24.3 Å². The maximum atomic E-state index is 12.9. The second kappa shape index (κ2) is 4.60. The summed E-state index contributed by atoms with van der Waals surface area (Å²) in [5, 5.41) is 24.7. The third kappa shape index (κ3) is 2.05. The molecule has 0 aliphatic heterocycles. The molecule has 2 aliphatic rings. The second-order valence-electron chi connectivity index (χ2n) is 7.45. The van der Waals surface area contributed by atoms with E-state index in [1.54, 1.807) is 16.8 Å². The number of aromatic hydroxyl groups is 1. The zero-order chi connectivity index (χ0) is 19.2. The van der Waals surface area contributed by atoms with Gasteiger partial charge < -0.3 is 5.11 Å². The van der Waals surface area contributed by atoms with Gasteiger partial charge in [0.1, 0.15) is 5.75 Å². The van der Waals surface area contributed by atoms with E-state index in [9.17, 15) is 23.5 Å². The molecule has 1 aromatic carbocycles. The molecule has 2 heterocycles. The number of rotatable bonds is 2. The molecule has 2 fully saturated rings. The first-order chi connectivity index (χ1) is 12.7. The van der Waals surface area contributed by atoms with Gasteiger partial charge in [-0.1, -0.05) is 0 Å². The summed E-state index contributed by atoms with van der Waals surface area (Å²) in [6, 6.07) is 7.46. The molecule has 136 valence electrons. The molecular formula is C19H13F3N4O. The van der Waals surface area contributed by atoms with Gasteiger partial charge in [-0.05, 0) is 49.6 Å². The highest BCUT2D eigenvalue weighted by Gasteiger charge is 2.86. The van der Waals surface area contributed by atoms with Gasteiger partial charge in [-0.25, -0.2) is 4.98 Å². The summed E-state index contributed by atoms with van der Waals surface area (Å²) in [5.74, 6) is -0.472. The van der Waals surface area contributed by atoms with E-state index in [0.29, 0.717) is 17.4 Å². The molecule has 0 amide bonds. The average molecular weight is 370 g/mol. The minimum absolute atomic E-state index is 0.213. The average Bonchev–Trinajstić information content (AvgIpc) is 3.35. The van der Waals surface area contributed by atoms with Gasteiger partial charge in [0.2, 0.25) is 0 Å². The van der Waals surface area contributed by atoms with Crippen molar-refractivity contribution in [3.05, 3.63) is 41.6 Å². The van der Waals surface area contributed by atoms with Crippen LogP contribution in [0.15, 0.2) is 30.5 Å². The van der Waals surface area contributed by atoms with Gasteiger partial charge >= 0.3 is 6.18 Å². The van der Waals surface area contributed by atoms with E-state index in [-0.39, 0.29) is 22.1 Å². The van der Waals surface area contributed by atoms with E-state index in [2.05, 4.69) is 16.2 Å². The minimum atomic E-state index is -4.53. The van der Waals surface area contributed by atoms with Gasteiger partial charge in [0.15, 0.2) is 5.65 Å². The van der Waals surface area contributed by atoms with Crippen molar-refractivity contribution >= 4 is 11.0 Å². The molecule has 3 aromatic rings. The number of pyridine rings is 1. The number of nitriles is 1. The Bertz CT molecular complexity index is 1140. The zero-order valence-corrected chi connectivity index (χ0v) is 14.2. The maximum Gasteiger partial charge on any atom is 0.416 e. The minimum Gasteiger partial charge on any atom is -0.507 e. The Hall–Kier alpha value is -3.08. The van der Waals surface area contributed by atoms with Gasteiger partial charge in [-0.2, -0.15) is 23.5 Å². The van der Waals surface area contributed by atoms with Crippen LogP contribution >= 0.6 is 0 Å². The molecule has 2 aromatic heterocycles. The van der Waals surface area contributed by atoms with Crippen molar-refractivity contribution in [2.45, 2.75) is 31.5 Å². The molecular weight excluding hydrogens is 357 g/mol. The summed E-state index contributed by atoms with van der Waals surface area (Å²) in [6.07, 6.45) is -1.11. The Labute approximate surface area is 151 Å². The predicted molar refractivity (Wildman–Crippen MR) is 89.6 cm³/mol. The Morgan fingerprint density at radius 3 is 2.59 bits per heavy atom. The lowest BCUT2D eigenvalue weighted by atomic mass is 10.00. The molecule has 5 nitrogen and oxygen atoms in total. The van der Waals surface area contributed by atoms with Crippen molar-refractivity contribution in [1.29, 1.82) is 5.26 Å².